The van der Waals surface area contributed by atoms with E-state index in [4.69, 9.17) is 0 Å². The zero-order chi connectivity index (χ0) is 10.1. The summed E-state index contributed by atoms with van der Waals surface area (Å²) in [5.74, 6) is 0.186. The fourth-order valence-electron chi connectivity index (χ4n) is 1.77. The summed E-state index contributed by atoms with van der Waals surface area (Å²) in [5, 5.41) is 3.20. The quantitative estimate of drug-likeness (QED) is 0.768. The largest absolute Gasteiger partial charge is 0.307 e. The van der Waals surface area contributed by atoms with E-state index >= 15 is 0 Å². The highest BCUT2D eigenvalue weighted by molar-refractivity contribution is 9.10. The van der Waals surface area contributed by atoms with Crippen molar-refractivity contribution < 1.29 is 4.79 Å². The van der Waals surface area contributed by atoms with Crippen molar-refractivity contribution in [2.45, 2.75) is 19.4 Å². The number of carbonyl (C=O) groups excluding carboxylic acids is 1. The highest BCUT2D eigenvalue weighted by Crippen LogP contribution is 2.24. The second kappa shape index (κ2) is 3.83. The summed E-state index contributed by atoms with van der Waals surface area (Å²) in [4.78, 5) is 11.7. The topological polar surface area (TPSA) is 29.1 Å². The van der Waals surface area contributed by atoms with E-state index in [0.29, 0.717) is 12.6 Å². The molecule has 0 spiro atoms. The van der Waals surface area contributed by atoms with Crippen molar-refractivity contribution in [1.29, 1.82) is 0 Å². The Morgan fingerprint density at radius 1 is 1.50 bits per heavy atom. The van der Waals surface area contributed by atoms with Gasteiger partial charge in [-0.15, -0.1) is 0 Å². The fourth-order valence-corrected chi connectivity index (χ4v) is 2.30. The molecule has 1 aliphatic heterocycles. The highest BCUT2D eigenvalue weighted by Gasteiger charge is 2.19. The van der Waals surface area contributed by atoms with Crippen LogP contribution in [0.3, 0.4) is 0 Å². The lowest BCUT2D eigenvalue weighted by molar-refractivity contribution is 0.0991. The van der Waals surface area contributed by atoms with Crippen molar-refractivity contribution in [3.8, 4) is 0 Å². The van der Waals surface area contributed by atoms with Gasteiger partial charge in [-0.1, -0.05) is 28.1 Å². The molecular formula is C11H12BrNO. The molecule has 14 heavy (non-hydrogen) atoms. The second-order valence-electron chi connectivity index (χ2n) is 3.68. The van der Waals surface area contributed by atoms with E-state index < -0.39 is 0 Å². The minimum Gasteiger partial charge on any atom is -0.307 e. The summed E-state index contributed by atoms with van der Waals surface area (Å²) < 4.78 is 1.04. The number of halogens is 1. The first-order valence-electron chi connectivity index (χ1n) is 4.72. The van der Waals surface area contributed by atoms with Gasteiger partial charge in [0.1, 0.15) is 0 Å². The molecule has 0 radical (unpaired) electrons. The second-order valence-corrected chi connectivity index (χ2v) is 4.53. The Bertz CT molecular complexity index is 376. The Kier molecular flexibility index (Phi) is 2.70. The molecule has 1 aliphatic rings. The van der Waals surface area contributed by atoms with Crippen LogP contribution in [0.5, 0.6) is 0 Å². The monoisotopic (exact) mass is 253 g/mol. The third-order valence-electron chi connectivity index (χ3n) is 2.54. The Balaban J connectivity index is 2.52. The molecular weight excluding hydrogens is 242 g/mol. The van der Waals surface area contributed by atoms with Gasteiger partial charge in [0.25, 0.3) is 0 Å². The molecule has 0 amide bonds. The summed E-state index contributed by atoms with van der Waals surface area (Å²) in [7, 11) is 0. The molecule has 1 heterocycles. The van der Waals surface area contributed by atoms with E-state index in [0.717, 1.165) is 22.0 Å². The molecule has 2 nitrogen and oxygen atoms in total. The summed E-state index contributed by atoms with van der Waals surface area (Å²) in [6.07, 6.45) is 0.905. The maximum absolute atomic E-state index is 11.7. The molecule has 74 valence electrons. The van der Waals surface area contributed by atoms with Crippen molar-refractivity contribution in [2.24, 2.45) is 0 Å². The molecule has 1 atom stereocenters. The van der Waals surface area contributed by atoms with Crippen LogP contribution in [-0.2, 0) is 6.42 Å². The third-order valence-corrected chi connectivity index (χ3v) is 3.28. The molecule has 1 unspecified atom stereocenters. The van der Waals surface area contributed by atoms with Crippen LogP contribution >= 0.6 is 15.9 Å². The van der Waals surface area contributed by atoms with E-state index in [1.807, 2.05) is 18.2 Å². The molecule has 3 heteroatoms. The molecule has 2 rings (SSSR count). The summed E-state index contributed by atoms with van der Waals surface area (Å²) in [5.41, 5.74) is 1.99. The maximum Gasteiger partial charge on any atom is 0.176 e. The average Bonchev–Trinajstić information content (AvgIpc) is 2.30. The summed E-state index contributed by atoms with van der Waals surface area (Å²) >= 11 is 3.49. The minimum absolute atomic E-state index is 0.186. The van der Waals surface area contributed by atoms with Gasteiger partial charge >= 0.3 is 0 Å². The van der Waals surface area contributed by atoms with Gasteiger partial charge < -0.3 is 5.32 Å². The smallest absolute Gasteiger partial charge is 0.176 e. The number of ketones is 1. The minimum atomic E-state index is 0.186. The number of nitrogens with one attached hydrogen (secondary N) is 1. The molecule has 0 saturated heterocycles. The standard InChI is InChI=1S/C11H12BrNO/c1-7-5-9-8(11(14)6-13-7)3-2-4-10(9)12/h2-4,7,13H,5-6H2,1H3. The van der Waals surface area contributed by atoms with Crippen LogP contribution in [0.15, 0.2) is 22.7 Å². The van der Waals surface area contributed by atoms with Crippen molar-refractivity contribution >= 4 is 21.7 Å². The molecule has 0 saturated carbocycles. The van der Waals surface area contributed by atoms with Crippen molar-refractivity contribution in [3.05, 3.63) is 33.8 Å². The Morgan fingerprint density at radius 2 is 2.29 bits per heavy atom. The number of rotatable bonds is 0. The lowest BCUT2D eigenvalue weighted by atomic mass is 10.0. The van der Waals surface area contributed by atoms with Crippen LogP contribution in [0, 0.1) is 0 Å². The lowest BCUT2D eigenvalue weighted by Crippen LogP contribution is -2.29. The van der Waals surface area contributed by atoms with Gasteiger partial charge in [-0.3, -0.25) is 4.79 Å². The summed E-state index contributed by atoms with van der Waals surface area (Å²) in [6, 6.07) is 6.17. The van der Waals surface area contributed by atoms with Crippen LogP contribution in [0.4, 0.5) is 0 Å². The molecule has 0 fully saturated rings. The average molecular weight is 254 g/mol. The van der Waals surface area contributed by atoms with Crippen LogP contribution in [0.2, 0.25) is 0 Å². The van der Waals surface area contributed by atoms with Gasteiger partial charge in [0, 0.05) is 16.1 Å². The van der Waals surface area contributed by atoms with Crippen molar-refractivity contribution in [2.75, 3.05) is 6.54 Å². The number of fused-ring (bicyclic) bond motifs is 1. The van der Waals surface area contributed by atoms with E-state index in [1.165, 1.54) is 0 Å². The SMILES string of the molecule is CC1Cc2c(Br)cccc2C(=O)CN1. The van der Waals surface area contributed by atoms with E-state index in [9.17, 15) is 4.79 Å². The zero-order valence-electron chi connectivity index (χ0n) is 8.01. The number of hydrogen-bond donors (Lipinski definition) is 1. The number of carbonyl (C=O) groups is 1. The molecule has 0 aliphatic carbocycles. The lowest BCUT2D eigenvalue weighted by Gasteiger charge is -2.09. The number of hydrogen-bond acceptors (Lipinski definition) is 2. The van der Waals surface area contributed by atoms with Gasteiger partial charge in [0.05, 0.1) is 6.54 Å². The number of benzene rings is 1. The summed E-state index contributed by atoms with van der Waals surface area (Å²) in [6.45, 7) is 2.55. The first kappa shape index (κ1) is 9.87. The van der Waals surface area contributed by atoms with E-state index in [2.05, 4.69) is 28.2 Å². The maximum atomic E-state index is 11.7. The Morgan fingerprint density at radius 3 is 3.07 bits per heavy atom. The first-order valence-corrected chi connectivity index (χ1v) is 5.52. The third kappa shape index (κ3) is 1.74. The van der Waals surface area contributed by atoms with Crippen molar-refractivity contribution in [3.63, 3.8) is 0 Å². The van der Waals surface area contributed by atoms with Crippen LogP contribution in [-0.4, -0.2) is 18.4 Å². The predicted molar refractivity (Wildman–Crippen MR) is 59.6 cm³/mol. The fraction of sp³-hybridized carbons (Fsp3) is 0.364. The number of Topliss-reactive ketones (excluding diaryl/α,β-unsaturated/α-hetero) is 1. The van der Waals surface area contributed by atoms with Crippen molar-refractivity contribution in [1.82, 2.24) is 5.32 Å². The molecule has 0 bridgehead atoms. The van der Waals surface area contributed by atoms with Crippen LogP contribution < -0.4 is 5.32 Å². The van der Waals surface area contributed by atoms with Gasteiger partial charge in [0.15, 0.2) is 5.78 Å². The normalized spacial score (nSPS) is 21.6. The Labute approximate surface area is 91.8 Å². The Hall–Kier alpha value is -0.670. The van der Waals surface area contributed by atoms with Gasteiger partial charge in [0.2, 0.25) is 0 Å². The first-order chi connectivity index (χ1) is 6.68. The van der Waals surface area contributed by atoms with Gasteiger partial charge in [-0.05, 0) is 25.0 Å². The van der Waals surface area contributed by atoms with Gasteiger partial charge in [-0.2, -0.15) is 0 Å². The molecule has 1 aromatic carbocycles. The zero-order valence-corrected chi connectivity index (χ0v) is 9.60. The van der Waals surface area contributed by atoms with E-state index in [-0.39, 0.29) is 5.78 Å². The molecule has 1 N–H and O–H groups in total. The predicted octanol–water partition coefficient (Wildman–Crippen LogP) is 2.17. The molecule has 1 aromatic rings. The highest BCUT2D eigenvalue weighted by atomic mass is 79.9. The van der Waals surface area contributed by atoms with Gasteiger partial charge in [-0.25, -0.2) is 0 Å². The molecule has 0 aromatic heterocycles. The van der Waals surface area contributed by atoms with E-state index in [1.54, 1.807) is 0 Å². The van der Waals surface area contributed by atoms with Crippen LogP contribution in [0.1, 0.15) is 22.8 Å². The van der Waals surface area contributed by atoms with Crippen LogP contribution in [0.25, 0.3) is 0 Å².